The summed E-state index contributed by atoms with van der Waals surface area (Å²) in [6.07, 6.45) is 15.9. The Balaban J connectivity index is 0.704. The van der Waals surface area contributed by atoms with Crippen LogP contribution in [-0.2, 0) is 81.2 Å². The van der Waals surface area contributed by atoms with Gasteiger partial charge in [0.15, 0.2) is 0 Å². The molecule has 6 heterocycles. The van der Waals surface area contributed by atoms with Crippen molar-refractivity contribution in [2.24, 2.45) is 5.92 Å². The van der Waals surface area contributed by atoms with Crippen LogP contribution in [0.25, 0.3) is 33.1 Å². The van der Waals surface area contributed by atoms with Gasteiger partial charge < -0.3 is 18.6 Å². The summed E-state index contributed by atoms with van der Waals surface area (Å²) in [5.41, 5.74) is 47.3. The molecule has 2 saturated carbocycles. The maximum atomic E-state index is 8.14. The number of furan rings is 2. The summed E-state index contributed by atoms with van der Waals surface area (Å²) < 4.78 is 16.2. The number of benzene rings is 11. The Labute approximate surface area is 819 Å². The molecule has 0 radical (unpaired) electrons. The first-order valence-electron chi connectivity index (χ1n) is 52.9. The summed E-state index contributed by atoms with van der Waals surface area (Å²) in [6.45, 7) is 72.3. The fourth-order valence-electron chi connectivity index (χ4n) is 30.8. The van der Waals surface area contributed by atoms with Crippen LogP contribution in [-0.4, -0.2) is 13.4 Å². The van der Waals surface area contributed by atoms with E-state index in [1.165, 1.54) is 214 Å². The number of fused-ring (bicyclic) bond motifs is 26. The number of hydrogen-bond acceptors (Lipinski definition) is 6. The Morgan fingerprint density at radius 2 is 0.686 bits per heavy atom. The van der Waals surface area contributed by atoms with Crippen LogP contribution in [0.3, 0.4) is 0 Å². The van der Waals surface area contributed by atoms with Gasteiger partial charge in [-0.15, -0.1) is 0 Å². The molecule has 5 atom stereocenters. The molecule has 11 aromatic carbocycles. The van der Waals surface area contributed by atoms with Crippen molar-refractivity contribution in [2.45, 2.75) is 372 Å². The Morgan fingerprint density at radius 3 is 1.14 bits per heavy atom. The molecule has 2 aromatic heterocycles. The zero-order valence-electron chi connectivity index (χ0n) is 88.1. The summed E-state index contributed by atoms with van der Waals surface area (Å²) in [5, 5.41) is 2.52. The van der Waals surface area contributed by atoms with Crippen LogP contribution in [0.15, 0.2) is 191 Å². The predicted molar refractivity (Wildman–Crippen MR) is 583 cm³/mol. The lowest BCUT2D eigenvalue weighted by Gasteiger charge is -2.46. The van der Waals surface area contributed by atoms with Gasteiger partial charge in [0.05, 0.1) is 5.69 Å². The van der Waals surface area contributed by atoms with E-state index in [-0.39, 0.29) is 94.7 Å². The molecule has 8 heteroatoms. The first-order chi connectivity index (χ1) is 64.1. The van der Waals surface area contributed by atoms with Crippen molar-refractivity contribution in [1.82, 2.24) is 0 Å². The molecule has 4 bridgehead atoms. The fraction of sp³-hybridized carbons (Fsp3) is 0.457. The zero-order chi connectivity index (χ0) is 96.2. The third-order valence-electron chi connectivity index (χ3n) is 39.6. The molecule has 4 aliphatic heterocycles. The van der Waals surface area contributed by atoms with Gasteiger partial charge in [-0.1, -0.05) is 267 Å². The Bertz CT molecular complexity index is 7500. The number of nitrogens with zero attached hydrogens (tertiary/aromatic N) is 4. The molecule has 0 saturated heterocycles. The molecule has 2 fully saturated rings. The standard InChI is InChI=1S/C129H146B2N4O2/c1-74-55-103-111-104(56-74)135(102-67-93-92(123(20,21)51-52-124(93,22)23)64-83(102)75-33-31-30-32-34-75)101-44-36-77(116(5,6)7)58-99(101)131(111)110-85-66-97-96(69-108(85)137-113(110)133(103)81-38-41-87-90(62-81)121(16,17)49-46-118(87,10)11)128(28)71-79(129(97,29)73-128)70-125(24,25)78-59-105-112-106(60-78)134(82-39-42-88-91(63-82)122(18,19)50-47-119(88,12)13)114-109(84-65-94-95(68-107(84)136-114)127(27)54-53-126(94,26)72-127)130(112)98-57-76(115(2,3)4)35-43-100(98)132(105)80-37-40-86-89(61-80)120(14,15)48-45-117(86,8)9/h30-44,55-69,79H,45-54,70-73H2,1-29H3. The average Bonchev–Trinajstić information content (AvgIpc) is 1.58. The van der Waals surface area contributed by atoms with Gasteiger partial charge in [0.25, 0.3) is 13.4 Å². The van der Waals surface area contributed by atoms with E-state index in [2.05, 4.69) is 402 Å². The van der Waals surface area contributed by atoms with Gasteiger partial charge >= 0.3 is 0 Å². The second kappa shape index (κ2) is 27.5. The van der Waals surface area contributed by atoms with Crippen LogP contribution < -0.4 is 52.4 Å². The van der Waals surface area contributed by atoms with Crippen molar-refractivity contribution in [1.29, 1.82) is 0 Å². The average molecular weight is 1810 g/mol. The van der Waals surface area contributed by atoms with E-state index in [1.54, 1.807) is 5.56 Å². The monoisotopic (exact) mass is 1810 g/mol. The van der Waals surface area contributed by atoms with E-state index in [1.807, 2.05) is 0 Å². The number of rotatable bonds is 8. The van der Waals surface area contributed by atoms with E-state index < -0.39 is 0 Å². The minimum Gasteiger partial charge on any atom is -0.440 e. The summed E-state index contributed by atoms with van der Waals surface area (Å²) in [6, 6.07) is 76.1. The molecule has 8 aliphatic carbocycles. The van der Waals surface area contributed by atoms with Crippen molar-refractivity contribution in [3.8, 4) is 11.1 Å². The molecule has 0 amide bonds. The maximum Gasteiger partial charge on any atom is 0.257 e. The highest BCUT2D eigenvalue weighted by molar-refractivity contribution is 7.02. The molecule has 700 valence electrons. The normalized spacial score (nSPS) is 24.8. The zero-order valence-corrected chi connectivity index (χ0v) is 88.1. The van der Waals surface area contributed by atoms with Crippen LogP contribution in [0.2, 0.25) is 0 Å². The topological polar surface area (TPSA) is 39.2 Å². The van der Waals surface area contributed by atoms with Crippen LogP contribution in [0.5, 0.6) is 0 Å². The minimum absolute atomic E-state index is 0.000539. The van der Waals surface area contributed by atoms with Gasteiger partial charge in [0, 0.05) is 78.4 Å². The summed E-state index contributed by atoms with van der Waals surface area (Å²) in [5.74, 6) is 2.26. The molecular formula is C129H146B2N4O2. The third-order valence-corrected chi connectivity index (χ3v) is 39.6. The van der Waals surface area contributed by atoms with E-state index in [0.717, 1.165) is 93.6 Å². The van der Waals surface area contributed by atoms with Gasteiger partial charge in [-0.2, -0.15) is 0 Å². The van der Waals surface area contributed by atoms with Crippen molar-refractivity contribution in [2.75, 3.05) is 19.6 Å². The molecular weight excluding hydrogens is 1660 g/mol. The van der Waals surface area contributed by atoms with Crippen molar-refractivity contribution in [3.05, 3.63) is 271 Å². The molecule has 0 spiro atoms. The second-order valence-electron chi connectivity index (χ2n) is 55.3. The lowest BCUT2D eigenvalue weighted by atomic mass is 9.33. The molecule has 137 heavy (non-hydrogen) atoms. The Morgan fingerprint density at radius 1 is 0.307 bits per heavy atom. The van der Waals surface area contributed by atoms with Crippen LogP contribution >= 0.6 is 0 Å². The molecule has 0 N–H and O–H groups in total. The first-order valence-corrected chi connectivity index (χ1v) is 52.9. The highest BCUT2D eigenvalue weighted by atomic mass is 16.4. The van der Waals surface area contributed by atoms with Gasteiger partial charge in [0.1, 0.15) is 11.2 Å². The lowest BCUT2D eigenvalue weighted by molar-refractivity contribution is 0.260. The number of anilines is 12. The second-order valence-corrected chi connectivity index (χ2v) is 55.3. The number of hydrogen-bond donors (Lipinski definition) is 0. The SMILES string of the molecule is Cc1cc2c3c(c1)N(c1ccc4c(c1)C(C)(C)CCC4(C)C)c1oc4cc5c(cc4c1B3c1cc(C(C)(C)C)ccc1N2c1cc2c(cc1-c1ccccc1)C(C)(C)CCC2(C)C)C1(C)CC5(C)CC1CC(C)(C)c1cc2c3c(c1)N(c1ccc4c(c1)C(C)(C)CCC4(C)C)c1oc4cc5c(cc4c1B3c1cc(C(C)(C)C)ccc1N2c1ccc2c(c1)C(C)(C)CCC2(C)C)C1(C)CCC5(C)C1. The Hall–Kier alpha value is -10.2. The van der Waals surface area contributed by atoms with E-state index in [4.69, 9.17) is 8.83 Å². The Kier molecular flexibility index (Phi) is 17.7. The van der Waals surface area contributed by atoms with Crippen LogP contribution in [0.1, 0.15) is 373 Å². The summed E-state index contributed by atoms with van der Waals surface area (Å²) >= 11 is 0. The largest absolute Gasteiger partial charge is 0.440 e. The smallest absolute Gasteiger partial charge is 0.257 e. The van der Waals surface area contributed by atoms with E-state index >= 15 is 0 Å². The van der Waals surface area contributed by atoms with E-state index in [9.17, 15) is 0 Å². The van der Waals surface area contributed by atoms with Gasteiger partial charge in [-0.05, 0) is 410 Å². The molecule has 6 nitrogen and oxygen atoms in total. The summed E-state index contributed by atoms with van der Waals surface area (Å²) in [7, 11) is 0. The highest BCUT2D eigenvalue weighted by Crippen LogP contribution is 2.68. The highest BCUT2D eigenvalue weighted by Gasteiger charge is 2.62. The van der Waals surface area contributed by atoms with Crippen LogP contribution in [0.4, 0.5) is 68.6 Å². The van der Waals surface area contributed by atoms with Crippen LogP contribution in [0, 0.1) is 12.8 Å². The fourth-order valence-corrected chi connectivity index (χ4v) is 30.8. The summed E-state index contributed by atoms with van der Waals surface area (Å²) in [4.78, 5) is 10.8. The molecule has 5 unspecified atom stereocenters. The predicted octanol–water partition coefficient (Wildman–Crippen LogP) is 31.3. The van der Waals surface area contributed by atoms with Crippen molar-refractivity contribution >= 4 is 137 Å². The first kappa shape index (κ1) is 88.3. The van der Waals surface area contributed by atoms with Gasteiger partial charge in [-0.25, -0.2) is 0 Å². The maximum absolute atomic E-state index is 8.14. The van der Waals surface area contributed by atoms with E-state index in [0.29, 0.717) is 5.92 Å². The lowest BCUT2D eigenvalue weighted by Crippen LogP contribution is -2.61. The van der Waals surface area contributed by atoms with Gasteiger partial charge in [0.2, 0.25) is 11.8 Å². The third kappa shape index (κ3) is 12.3. The quantitative estimate of drug-likeness (QED) is 0.141. The van der Waals surface area contributed by atoms with Crippen molar-refractivity contribution < 1.29 is 8.83 Å². The number of aryl methyl sites for hydroxylation is 1. The molecule has 13 aromatic rings. The van der Waals surface area contributed by atoms with Crippen molar-refractivity contribution in [3.63, 3.8) is 0 Å². The molecule has 12 aliphatic rings. The molecule has 25 rings (SSSR count). The van der Waals surface area contributed by atoms with Gasteiger partial charge in [-0.3, -0.25) is 9.80 Å². The minimum atomic E-state index is -0.352.